The number of rotatable bonds is 18. The molecule has 0 aromatic carbocycles. The summed E-state index contributed by atoms with van der Waals surface area (Å²) in [4.78, 5) is 23.7. The van der Waals surface area contributed by atoms with Crippen LogP contribution in [0.4, 0.5) is 0 Å². The van der Waals surface area contributed by atoms with Gasteiger partial charge in [-0.25, -0.2) is 4.79 Å². The lowest BCUT2D eigenvalue weighted by Gasteiger charge is -2.13. The fraction of sp³-hybridized carbons (Fsp3) is 0.857. The molecule has 0 fully saturated rings. The van der Waals surface area contributed by atoms with Crippen LogP contribution in [0.25, 0.3) is 0 Å². The molecule has 1 aliphatic rings. The van der Waals surface area contributed by atoms with E-state index in [0.29, 0.717) is 19.7 Å². The first-order valence-electron chi connectivity index (χ1n) is 10.9. The van der Waals surface area contributed by atoms with E-state index in [1.54, 1.807) is 0 Å². The molecule has 0 unspecified atom stereocenters. The second-order valence-corrected chi connectivity index (χ2v) is 7.56. The molecular weight excluding hydrogens is 360 g/mol. The van der Waals surface area contributed by atoms with E-state index in [-0.39, 0.29) is 13.0 Å². The van der Waals surface area contributed by atoms with Crippen molar-refractivity contribution in [3.63, 3.8) is 0 Å². The summed E-state index contributed by atoms with van der Waals surface area (Å²) in [6.45, 7) is 5.21. The van der Waals surface area contributed by atoms with Gasteiger partial charge >= 0.3 is 11.9 Å². The van der Waals surface area contributed by atoms with Gasteiger partial charge in [0.2, 0.25) is 5.84 Å². The number of carbonyl (C=O) groups is 2. The van der Waals surface area contributed by atoms with Crippen molar-refractivity contribution in [3.8, 4) is 0 Å². The molecule has 0 atom stereocenters. The molecule has 0 aliphatic carbocycles. The maximum atomic E-state index is 10.9. The van der Waals surface area contributed by atoms with Crippen molar-refractivity contribution in [2.24, 2.45) is 0 Å². The Balaban J connectivity index is 2.37. The minimum absolute atomic E-state index is 0.143. The number of carboxylic acids is 2. The van der Waals surface area contributed by atoms with Gasteiger partial charge in [0, 0.05) is 6.42 Å². The van der Waals surface area contributed by atoms with Crippen LogP contribution in [0.15, 0.2) is 0 Å². The molecule has 0 aromatic heterocycles. The number of ether oxygens (including phenoxy) is 1. The number of aliphatic carboxylic acids is 2. The quantitative estimate of drug-likeness (QED) is 0.272. The van der Waals surface area contributed by atoms with Gasteiger partial charge in [-0.1, -0.05) is 58.3 Å². The zero-order valence-corrected chi connectivity index (χ0v) is 17.5. The molecule has 162 valence electrons. The molecule has 0 saturated carbocycles. The van der Waals surface area contributed by atoms with Crippen LogP contribution < -0.4 is 0 Å². The summed E-state index contributed by atoms with van der Waals surface area (Å²) in [6, 6.07) is 0. The van der Waals surface area contributed by atoms with Gasteiger partial charge in [0.05, 0.1) is 19.6 Å². The summed E-state index contributed by atoms with van der Waals surface area (Å²) in [6.07, 6.45) is 12.6. The predicted octanol–water partition coefficient (Wildman–Crippen LogP) is 3.21. The fourth-order valence-corrected chi connectivity index (χ4v) is 3.66. The largest absolute Gasteiger partial charge is 0.481 e. The highest BCUT2D eigenvalue weighted by molar-refractivity contribution is 5.79. The van der Waals surface area contributed by atoms with E-state index < -0.39 is 11.9 Å². The van der Waals surface area contributed by atoms with Crippen LogP contribution in [-0.4, -0.2) is 76.9 Å². The van der Waals surface area contributed by atoms with Crippen LogP contribution in [0.2, 0.25) is 0 Å². The second kappa shape index (κ2) is 15.3. The van der Waals surface area contributed by atoms with Crippen molar-refractivity contribution < 1.29 is 29.1 Å². The Kier molecular flexibility index (Phi) is 13.3. The lowest BCUT2D eigenvalue weighted by atomic mass is 10.1. The Bertz CT molecular complexity index is 493. The van der Waals surface area contributed by atoms with Crippen LogP contribution in [0, 0.1) is 0 Å². The van der Waals surface area contributed by atoms with Crippen molar-refractivity contribution in [1.29, 1.82) is 0 Å². The van der Waals surface area contributed by atoms with Gasteiger partial charge in [-0.15, -0.1) is 0 Å². The first-order valence-corrected chi connectivity index (χ1v) is 10.9. The molecule has 0 amide bonds. The van der Waals surface area contributed by atoms with Gasteiger partial charge in [0.15, 0.2) is 0 Å². The number of hydrogen-bond acceptors (Lipinski definition) is 4. The molecule has 1 aliphatic heterocycles. The van der Waals surface area contributed by atoms with Crippen molar-refractivity contribution in [1.82, 2.24) is 4.90 Å². The Hall–Kier alpha value is -1.63. The van der Waals surface area contributed by atoms with Gasteiger partial charge < -0.3 is 14.9 Å². The molecule has 0 radical (unpaired) electrons. The van der Waals surface area contributed by atoms with E-state index in [1.807, 2.05) is 0 Å². The first-order chi connectivity index (χ1) is 13.5. The topological polar surface area (TPSA) is 90.1 Å². The minimum atomic E-state index is -0.955. The Morgan fingerprint density at radius 1 is 1.00 bits per heavy atom. The van der Waals surface area contributed by atoms with Gasteiger partial charge in [-0.2, -0.15) is 0 Å². The van der Waals surface area contributed by atoms with Crippen molar-refractivity contribution in [2.45, 2.75) is 77.6 Å². The molecule has 0 spiro atoms. The maximum Gasteiger partial charge on any atom is 0.329 e. The van der Waals surface area contributed by atoms with Gasteiger partial charge in [-0.05, 0) is 6.42 Å². The lowest BCUT2D eigenvalue weighted by molar-refractivity contribution is -0.522. The van der Waals surface area contributed by atoms with E-state index in [1.165, 1.54) is 57.2 Å². The van der Waals surface area contributed by atoms with Gasteiger partial charge in [0.25, 0.3) is 0 Å². The second-order valence-electron chi connectivity index (χ2n) is 7.56. The molecule has 28 heavy (non-hydrogen) atoms. The summed E-state index contributed by atoms with van der Waals surface area (Å²) >= 11 is 0. The number of nitrogens with zero attached hydrogens (tertiary/aromatic N) is 2. The Morgan fingerprint density at radius 2 is 1.64 bits per heavy atom. The van der Waals surface area contributed by atoms with Crippen molar-refractivity contribution in [2.75, 3.05) is 39.4 Å². The average Bonchev–Trinajstić information content (AvgIpc) is 3.04. The monoisotopic (exact) mass is 399 g/mol. The Labute approximate surface area is 169 Å². The van der Waals surface area contributed by atoms with Gasteiger partial charge in [-0.3, -0.25) is 14.3 Å². The molecule has 7 heteroatoms. The molecule has 0 saturated heterocycles. The van der Waals surface area contributed by atoms with Crippen LogP contribution in [0.3, 0.4) is 0 Å². The lowest BCUT2D eigenvalue weighted by Crippen LogP contribution is -2.32. The van der Waals surface area contributed by atoms with Gasteiger partial charge in [0.1, 0.15) is 26.2 Å². The first kappa shape index (κ1) is 24.4. The smallest absolute Gasteiger partial charge is 0.329 e. The fourth-order valence-electron chi connectivity index (χ4n) is 3.66. The third kappa shape index (κ3) is 11.3. The summed E-state index contributed by atoms with van der Waals surface area (Å²) < 4.78 is 7.40. The maximum absolute atomic E-state index is 10.9. The van der Waals surface area contributed by atoms with Crippen LogP contribution >= 0.6 is 0 Å². The van der Waals surface area contributed by atoms with E-state index in [2.05, 4.69) is 16.4 Å². The number of hydrogen-bond donors (Lipinski definition) is 2. The molecule has 7 nitrogen and oxygen atoms in total. The summed E-state index contributed by atoms with van der Waals surface area (Å²) in [5.41, 5.74) is 0. The molecule has 0 aromatic rings. The number of unbranched alkanes of at least 4 members (excludes halogenated alkanes) is 8. The normalized spacial score (nSPS) is 14.1. The Morgan fingerprint density at radius 3 is 2.25 bits per heavy atom. The van der Waals surface area contributed by atoms with E-state index in [4.69, 9.17) is 14.9 Å². The average molecular weight is 400 g/mol. The molecule has 1 rings (SSSR count). The molecule has 1 heterocycles. The highest BCUT2D eigenvalue weighted by Crippen LogP contribution is 2.14. The van der Waals surface area contributed by atoms with Crippen molar-refractivity contribution in [3.05, 3.63) is 0 Å². The third-order valence-electron chi connectivity index (χ3n) is 5.20. The number of amidine groups is 1. The van der Waals surface area contributed by atoms with Crippen LogP contribution in [0.1, 0.15) is 77.6 Å². The highest BCUT2D eigenvalue weighted by Gasteiger charge is 2.29. The summed E-state index contributed by atoms with van der Waals surface area (Å²) in [5, 5.41) is 17.6. The zero-order valence-electron chi connectivity index (χ0n) is 17.5. The highest BCUT2D eigenvalue weighted by atomic mass is 16.5. The summed E-state index contributed by atoms with van der Waals surface area (Å²) in [5.74, 6) is -0.530. The predicted molar refractivity (Wildman–Crippen MR) is 109 cm³/mol. The third-order valence-corrected chi connectivity index (χ3v) is 5.20. The molecular formula is C21H39N2O5+. The van der Waals surface area contributed by atoms with Crippen LogP contribution in [-0.2, 0) is 14.3 Å². The standard InChI is InChI=1S/C21H38N2O5/c1-2-3-4-5-6-7-8-9-10-11-19-22(13-12-20(24)25)14-15-23(19)16-17-28-18-21(26)27/h2-18H2,1H3,(H-,24,25,26,27)/p+1. The van der Waals surface area contributed by atoms with E-state index in [0.717, 1.165) is 25.9 Å². The van der Waals surface area contributed by atoms with Crippen LogP contribution in [0.5, 0.6) is 0 Å². The summed E-state index contributed by atoms with van der Waals surface area (Å²) in [7, 11) is 0. The number of carboxylic acid groups (broad SMARTS) is 2. The van der Waals surface area contributed by atoms with Crippen molar-refractivity contribution >= 4 is 17.8 Å². The minimum Gasteiger partial charge on any atom is -0.481 e. The molecule has 0 bridgehead atoms. The molecule has 2 N–H and O–H groups in total. The zero-order chi connectivity index (χ0) is 20.6. The SMILES string of the molecule is CCCCCCCCCCCC1=[N+](CCOCC(=O)O)CCN1CCC(=O)O. The van der Waals surface area contributed by atoms with E-state index in [9.17, 15) is 9.59 Å². The van der Waals surface area contributed by atoms with E-state index >= 15 is 0 Å².